The summed E-state index contributed by atoms with van der Waals surface area (Å²) in [5, 5.41) is 0. The van der Waals surface area contributed by atoms with E-state index in [0.717, 1.165) is 11.0 Å². The smallest absolute Gasteiger partial charge is 0.198 e. The van der Waals surface area contributed by atoms with Crippen molar-refractivity contribution in [2.75, 3.05) is 5.73 Å². The Balaban J connectivity index is 2.48. The summed E-state index contributed by atoms with van der Waals surface area (Å²) in [7, 11) is 0. The van der Waals surface area contributed by atoms with Crippen LogP contribution in [-0.2, 0) is 0 Å². The molecule has 5 heteroatoms. The normalized spacial score (nSPS) is 11.4. The van der Waals surface area contributed by atoms with E-state index >= 15 is 0 Å². The lowest BCUT2D eigenvalue weighted by Gasteiger charge is -2.16. The minimum Gasteiger partial charge on any atom is -0.487 e. The summed E-state index contributed by atoms with van der Waals surface area (Å²) in [4.78, 5) is 7.17. The highest BCUT2D eigenvalue weighted by Gasteiger charge is 2.13. The standard InChI is InChI=1S/C13H19N3O2/c1-7(2)17-11-5-9-10(16-13(14)15-9)6-12(11)18-8(3)4/h5-8H,1-4H3,(H3,14,15,16). The number of ether oxygens (including phenoxy) is 2. The van der Waals surface area contributed by atoms with Gasteiger partial charge < -0.3 is 20.2 Å². The van der Waals surface area contributed by atoms with Gasteiger partial charge in [-0.05, 0) is 27.7 Å². The minimum atomic E-state index is 0.0771. The van der Waals surface area contributed by atoms with Gasteiger partial charge in [0.15, 0.2) is 17.4 Å². The Morgan fingerprint density at radius 3 is 2.17 bits per heavy atom. The number of imidazole rings is 1. The van der Waals surface area contributed by atoms with Crippen LogP contribution in [0, 0.1) is 0 Å². The van der Waals surface area contributed by atoms with Gasteiger partial charge in [-0.1, -0.05) is 0 Å². The highest BCUT2D eigenvalue weighted by molar-refractivity contribution is 5.81. The summed E-state index contributed by atoms with van der Waals surface area (Å²) in [6, 6.07) is 3.72. The number of H-pyrrole nitrogens is 1. The molecule has 18 heavy (non-hydrogen) atoms. The molecule has 2 aromatic rings. The van der Waals surface area contributed by atoms with Gasteiger partial charge in [-0.25, -0.2) is 4.98 Å². The molecule has 0 radical (unpaired) electrons. The summed E-state index contributed by atoms with van der Waals surface area (Å²) in [5.41, 5.74) is 7.27. The molecule has 98 valence electrons. The molecule has 0 bridgehead atoms. The Morgan fingerprint density at radius 1 is 1.06 bits per heavy atom. The molecule has 1 aromatic heterocycles. The Kier molecular flexibility index (Phi) is 3.32. The molecular formula is C13H19N3O2. The lowest BCUT2D eigenvalue weighted by Crippen LogP contribution is -2.10. The van der Waals surface area contributed by atoms with Crippen molar-refractivity contribution in [3.63, 3.8) is 0 Å². The van der Waals surface area contributed by atoms with Gasteiger partial charge in [-0.15, -0.1) is 0 Å². The number of aromatic amines is 1. The average Bonchev–Trinajstić information content (AvgIpc) is 2.56. The van der Waals surface area contributed by atoms with Gasteiger partial charge in [-0.2, -0.15) is 0 Å². The Morgan fingerprint density at radius 2 is 1.61 bits per heavy atom. The zero-order chi connectivity index (χ0) is 13.3. The van der Waals surface area contributed by atoms with Crippen LogP contribution in [0.3, 0.4) is 0 Å². The predicted octanol–water partition coefficient (Wildman–Crippen LogP) is 2.72. The highest BCUT2D eigenvalue weighted by atomic mass is 16.5. The van der Waals surface area contributed by atoms with Crippen molar-refractivity contribution in [2.24, 2.45) is 0 Å². The van der Waals surface area contributed by atoms with Crippen molar-refractivity contribution in [3.8, 4) is 11.5 Å². The Labute approximate surface area is 106 Å². The fraction of sp³-hybridized carbons (Fsp3) is 0.462. The van der Waals surface area contributed by atoms with Gasteiger partial charge >= 0.3 is 0 Å². The maximum Gasteiger partial charge on any atom is 0.198 e. The fourth-order valence-corrected chi connectivity index (χ4v) is 1.73. The van der Waals surface area contributed by atoms with Gasteiger partial charge in [0.1, 0.15) is 0 Å². The van der Waals surface area contributed by atoms with E-state index in [1.807, 2.05) is 39.8 Å². The Bertz CT molecular complexity index is 499. The van der Waals surface area contributed by atoms with Crippen LogP contribution in [0.4, 0.5) is 5.95 Å². The largest absolute Gasteiger partial charge is 0.487 e. The minimum absolute atomic E-state index is 0.0771. The molecule has 3 N–H and O–H groups in total. The third-order valence-corrected chi connectivity index (χ3v) is 2.29. The van der Waals surface area contributed by atoms with Gasteiger partial charge in [0, 0.05) is 12.1 Å². The second-order valence-electron chi connectivity index (χ2n) is 4.77. The quantitative estimate of drug-likeness (QED) is 0.873. The number of benzene rings is 1. The average molecular weight is 249 g/mol. The predicted molar refractivity (Wildman–Crippen MR) is 72.0 cm³/mol. The summed E-state index contributed by atoms with van der Waals surface area (Å²) in [5.74, 6) is 1.79. The number of fused-ring (bicyclic) bond motifs is 1. The number of aromatic nitrogens is 2. The van der Waals surface area contributed by atoms with Crippen molar-refractivity contribution >= 4 is 17.0 Å². The van der Waals surface area contributed by atoms with E-state index < -0.39 is 0 Å². The number of rotatable bonds is 4. The fourth-order valence-electron chi connectivity index (χ4n) is 1.73. The number of nitrogen functional groups attached to an aromatic ring is 1. The molecule has 0 aliphatic carbocycles. The zero-order valence-corrected chi connectivity index (χ0v) is 11.2. The first-order valence-corrected chi connectivity index (χ1v) is 6.08. The summed E-state index contributed by atoms with van der Waals surface area (Å²) >= 11 is 0. The molecule has 0 fully saturated rings. The van der Waals surface area contributed by atoms with Crippen molar-refractivity contribution < 1.29 is 9.47 Å². The van der Waals surface area contributed by atoms with E-state index in [1.54, 1.807) is 0 Å². The van der Waals surface area contributed by atoms with E-state index in [4.69, 9.17) is 15.2 Å². The molecular weight excluding hydrogens is 230 g/mol. The third kappa shape index (κ3) is 2.67. The number of hydrogen-bond donors (Lipinski definition) is 2. The van der Waals surface area contributed by atoms with Crippen LogP contribution < -0.4 is 15.2 Å². The summed E-state index contributed by atoms with van der Waals surface area (Å²) < 4.78 is 11.5. The van der Waals surface area contributed by atoms with Gasteiger partial charge in [-0.3, -0.25) is 0 Å². The van der Waals surface area contributed by atoms with Crippen molar-refractivity contribution in [1.29, 1.82) is 0 Å². The molecule has 0 unspecified atom stereocenters. The second kappa shape index (κ2) is 4.76. The monoisotopic (exact) mass is 249 g/mol. The molecule has 0 aliphatic heterocycles. The molecule has 0 saturated heterocycles. The van der Waals surface area contributed by atoms with E-state index in [0.29, 0.717) is 17.4 Å². The van der Waals surface area contributed by atoms with E-state index in [2.05, 4.69) is 9.97 Å². The van der Waals surface area contributed by atoms with Gasteiger partial charge in [0.2, 0.25) is 0 Å². The lowest BCUT2D eigenvalue weighted by molar-refractivity contribution is 0.199. The summed E-state index contributed by atoms with van der Waals surface area (Å²) in [6.45, 7) is 7.90. The van der Waals surface area contributed by atoms with Crippen LogP contribution in [0.1, 0.15) is 27.7 Å². The second-order valence-corrected chi connectivity index (χ2v) is 4.77. The van der Waals surface area contributed by atoms with Crippen molar-refractivity contribution in [3.05, 3.63) is 12.1 Å². The van der Waals surface area contributed by atoms with Crippen LogP contribution >= 0.6 is 0 Å². The van der Waals surface area contributed by atoms with E-state index in [1.165, 1.54) is 0 Å². The number of nitrogens with one attached hydrogen (secondary N) is 1. The number of anilines is 1. The molecule has 5 nitrogen and oxygen atoms in total. The molecule has 1 aromatic carbocycles. The van der Waals surface area contributed by atoms with Crippen molar-refractivity contribution in [2.45, 2.75) is 39.9 Å². The summed E-state index contributed by atoms with van der Waals surface area (Å²) in [6.07, 6.45) is 0.158. The number of nitrogens with two attached hydrogens (primary N) is 1. The SMILES string of the molecule is CC(C)Oc1cc2nc(N)[nH]c2cc1OC(C)C. The molecule has 0 atom stereocenters. The van der Waals surface area contributed by atoms with Crippen molar-refractivity contribution in [1.82, 2.24) is 9.97 Å². The molecule has 1 heterocycles. The maximum absolute atomic E-state index is 5.75. The maximum atomic E-state index is 5.75. The van der Waals surface area contributed by atoms with Crippen LogP contribution in [0.15, 0.2) is 12.1 Å². The molecule has 0 spiro atoms. The third-order valence-electron chi connectivity index (χ3n) is 2.29. The number of nitrogens with zero attached hydrogens (tertiary/aromatic N) is 1. The van der Waals surface area contributed by atoms with E-state index in [9.17, 15) is 0 Å². The van der Waals surface area contributed by atoms with Crippen LogP contribution in [0.5, 0.6) is 11.5 Å². The van der Waals surface area contributed by atoms with E-state index in [-0.39, 0.29) is 12.2 Å². The topological polar surface area (TPSA) is 73.2 Å². The van der Waals surface area contributed by atoms with Crippen LogP contribution in [-0.4, -0.2) is 22.2 Å². The Hall–Kier alpha value is -1.91. The van der Waals surface area contributed by atoms with Crippen LogP contribution in [0.25, 0.3) is 11.0 Å². The molecule has 2 rings (SSSR count). The first-order valence-electron chi connectivity index (χ1n) is 6.08. The highest BCUT2D eigenvalue weighted by Crippen LogP contribution is 2.33. The first kappa shape index (κ1) is 12.5. The molecule has 0 saturated carbocycles. The van der Waals surface area contributed by atoms with Crippen LogP contribution in [0.2, 0.25) is 0 Å². The number of hydrogen-bond acceptors (Lipinski definition) is 4. The lowest BCUT2D eigenvalue weighted by atomic mass is 10.2. The van der Waals surface area contributed by atoms with Gasteiger partial charge in [0.05, 0.1) is 23.2 Å². The zero-order valence-electron chi connectivity index (χ0n) is 11.2. The van der Waals surface area contributed by atoms with Gasteiger partial charge in [0.25, 0.3) is 0 Å². The molecule has 0 amide bonds. The first-order chi connectivity index (χ1) is 8.45. The molecule has 0 aliphatic rings.